The van der Waals surface area contributed by atoms with E-state index in [1.54, 1.807) is 0 Å². The monoisotopic (exact) mass is 324 g/mol. The van der Waals surface area contributed by atoms with Crippen molar-refractivity contribution in [2.45, 2.75) is 45.2 Å². The molecule has 0 radical (unpaired) electrons. The molecule has 1 fully saturated rings. The van der Waals surface area contributed by atoms with Crippen molar-refractivity contribution >= 4 is 5.91 Å². The Hall–Kier alpha value is -2.14. The third-order valence-electron chi connectivity index (χ3n) is 5.43. The van der Waals surface area contributed by atoms with Gasteiger partial charge >= 0.3 is 0 Å². The van der Waals surface area contributed by atoms with Crippen LogP contribution in [0.1, 0.15) is 42.0 Å². The maximum atomic E-state index is 13.2. The predicted octanol–water partition coefficient (Wildman–Crippen LogP) is 2.18. The van der Waals surface area contributed by atoms with Gasteiger partial charge < -0.3 is 10.2 Å². The van der Waals surface area contributed by atoms with Crippen molar-refractivity contribution in [2.75, 3.05) is 13.1 Å². The Labute approximate surface area is 142 Å². The molecule has 2 aromatic rings. The first-order valence-electron chi connectivity index (χ1n) is 8.87. The van der Waals surface area contributed by atoms with Gasteiger partial charge in [0.25, 0.3) is 5.91 Å². The molecule has 5 heteroatoms. The van der Waals surface area contributed by atoms with Gasteiger partial charge in [-0.2, -0.15) is 5.10 Å². The highest BCUT2D eigenvalue weighted by Gasteiger charge is 2.34. The van der Waals surface area contributed by atoms with E-state index in [-0.39, 0.29) is 11.9 Å². The molecule has 2 atom stereocenters. The Morgan fingerprint density at radius 1 is 1.21 bits per heavy atom. The molecule has 2 heterocycles. The third kappa shape index (κ3) is 2.44. The molecule has 2 unspecified atom stereocenters. The van der Waals surface area contributed by atoms with Crippen molar-refractivity contribution < 1.29 is 4.79 Å². The summed E-state index contributed by atoms with van der Waals surface area (Å²) in [4.78, 5) is 15.2. The molecule has 0 spiro atoms. The minimum atomic E-state index is 0.0867. The van der Waals surface area contributed by atoms with Gasteiger partial charge in [0, 0.05) is 36.4 Å². The molecule has 1 N–H and O–H groups in total. The molecule has 5 nitrogen and oxygen atoms in total. The van der Waals surface area contributed by atoms with Crippen LogP contribution in [0, 0.1) is 0 Å². The predicted molar refractivity (Wildman–Crippen MR) is 93.6 cm³/mol. The lowest BCUT2D eigenvalue weighted by molar-refractivity contribution is 0.0595. The summed E-state index contributed by atoms with van der Waals surface area (Å²) in [6.07, 6.45) is 3.06. The fourth-order valence-corrected chi connectivity index (χ4v) is 3.87. The Kier molecular flexibility index (Phi) is 3.88. The highest BCUT2D eigenvalue weighted by molar-refractivity contribution is 5.94. The molecule has 0 bridgehead atoms. The average molecular weight is 324 g/mol. The third-order valence-corrected chi connectivity index (χ3v) is 5.43. The fraction of sp³-hybridized carbons (Fsp3) is 0.474. The quantitative estimate of drug-likeness (QED) is 0.921. The Balaban J connectivity index is 1.73. The van der Waals surface area contributed by atoms with Crippen LogP contribution in [-0.2, 0) is 12.8 Å². The van der Waals surface area contributed by atoms with Gasteiger partial charge in [-0.25, -0.2) is 4.68 Å². The topological polar surface area (TPSA) is 50.2 Å². The summed E-state index contributed by atoms with van der Waals surface area (Å²) in [5.41, 5.74) is 4.06. The Morgan fingerprint density at radius 3 is 2.79 bits per heavy atom. The number of hydrogen-bond donors (Lipinski definition) is 1. The number of benzene rings is 1. The maximum Gasteiger partial charge on any atom is 0.275 e. The maximum absolute atomic E-state index is 13.2. The van der Waals surface area contributed by atoms with Crippen LogP contribution in [-0.4, -0.2) is 45.8 Å². The van der Waals surface area contributed by atoms with E-state index in [1.165, 1.54) is 5.69 Å². The second-order valence-corrected chi connectivity index (χ2v) is 6.86. The smallest absolute Gasteiger partial charge is 0.275 e. The summed E-state index contributed by atoms with van der Waals surface area (Å²) in [5.74, 6) is 0.0867. The zero-order chi connectivity index (χ0) is 16.7. The first-order valence-corrected chi connectivity index (χ1v) is 8.87. The number of nitrogens with zero attached hydrogens (tertiary/aromatic N) is 3. The van der Waals surface area contributed by atoms with E-state index in [4.69, 9.17) is 5.10 Å². The zero-order valence-corrected chi connectivity index (χ0v) is 14.3. The van der Waals surface area contributed by atoms with E-state index in [0.717, 1.165) is 43.6 Å². The highest BCUT2D eigenvalue weighted by atomic mass is 16.2. The number of amides is 1. The standard InChI is InChI=1S/C19H24N4O/c1-13-14(2)22(12-11-20-13)19(24)18-16-9-6-10-17(16)23(21-18)15-7-4-3-5-8-15/h3-5,7-8,13-14,20H,6,9-12H2,1-2H3. The van der Waals surface area contributed by atoms with Crippen molar-refractivity contribution in [3.8, 4) is 5.69 Å². The van der Waals surface area contributed by atoms with Crippen LogP contribution < -0.4 is 5.32 Å². The van der Waals surface area contributed by atoms with Gasteiger partial charge in [-0.15, -0.1) is 0 Å². The summed E-state index contributed by atoms with van der Waals surface area (Å²) in [6.45, 7) is 5.84. The van der Waals surface area contributed by atoms with Crippen LogP contribution in [0.5, 0.6) is 0 Å². The van der Waals surface area contributed by atoms with Crippen LogP contribution in [0.2, 0.25) is 0 Å². The number of aromatic nitrogens is 2. The molecule has 2 aliphatic rings. The lowest BCUT2D eigenvalue weighted by Crippen LogP contribution is -2.57. The SMILES string of the molecule is CC1NCCN(C(=O)c2nn(-c3ccccc3)c3c2CCC3)C1C. The molecule has 1 aliphatic heterocycles. The molecular formula is C19H24N4O. The zero-order valence-electron chi connectivity index (χ0n) is 14.3. The van der Waals surface area contributed by atoms with Crippen molar-refractivity contribution in [3.05, 3.63) is 47.3 Å². The molecule has 1 amide bonds. The number of rotatable bonds is 2. The summed E-state index contributed by atoms with van der Waals surface area (Å²) in [6, 6.07) is 10.6. The molecule has 1 aromatic carbocycles. The van der Waals surface area contributed by atoms with Gasteiger partial charge in [-0.1, -0.05) is 18.2 Å². The number of carbonyl (C=O) groups excluding carboxylic acids is 1. The van der Waals surface area contributed by atoms with E-state index >= 15 is 0 Å². The van der Waals surface area contributed by atoms with Gasteiger partial charge in [0.1, 0.15) is 0 Å². The molecule has 4 rings (SSSR count). The molecular weight excluding hydrogens is 300 g/mol. The van der Waals surface area contributed by atoms with Gasteiger partial charge in [0.15, 0.2) is 5.69 Å². The summed E-state index contributed by atoms with van der Waals surface area (Å²) in [7, 11) is 0. The summed E-state index contributed by atoms with van der Waals surface area (Å²) in [5, 5.41) is 8.17. The molecule has 1 aromatic heterocycles. The molecule has 126 valence electrons. The highest BCUT2D eigenvalue weighted by Crippen LogP contribution is 2.29. The van der Waals surface area contributed by atoms with Crippen LogP contribution in [0.25, 0.3) is 5.69 Å². The number of piperazine rings is 1. The number of para-hydroxylation sites is 1. The molecule has 0 saturated carbocycles. The number of carbonyl (C=O) groups is 1. The lowest BCUT2D eigenvalue weighted by atomic mass is 10.1. The van der Waals surface area contributed by atoms with Crippen LogP contribution in [0.3, 0.4) is 0 Å². The largest absolute Gasteiger partial charge is 0.332 e. The van der Waals surface area contributed by atoms with E-state index in [1.807, 2.05) is 27.8 Å². The van der Waals surface area contributed by atoms with E-state index < -0.39 is 0 Å². The Bertz CT molecular complexity index is 752. The first kappa shape index (κ1) is 15.4. The fourth-order valence-electron chi connectivity index (χ4n) is 3.87. The minimum absolute atomic E-state index is 0.0867. The number of nitrogens with one attached hydrogen (secondary N) is 1. The van der Waals surface area contributed by atoms with Gasteiger partial charge in [-0.05, 0) is 45.2 Å². The normalized spacial score (nSPS) is 23.3. The second-order valence-electron chi connectivity index (χ2n) is 6.86. The van der Waals surface area contributed by atoms with Crippen molar-refractivity contribution in [1.82, 2.24) is 20.0 Å². The van der Waals surface area contributed by atoms with Crippen LogP contribution in [0.15, 0.2) is 30.3 Å². The van der Waals surface area contributed by atoms with Gasteiger partial charge in [0.05, 0.1) is 5.69 Å². The van der Waals surface area contributed by atoms with Crippen LogP contribution >= 0.6 is 0 Å². The van der Waals surface area contributed by atoms with Crippen molar-refractivity contribution in [1.29, 1.82) is 0 Å². The molecule has 1 saturated heterocycles. The number of fused-ring (bicyclic) bond motifs is 1. The van der Waals surface area contributed by atoms with Crippen molar-refractivity contribution in [2.24, 2.45) is 0 Å². The van der Waals surface area contributed by atoms with E-state index in [2.05, 4.69) is 31.3 Å². The van der Waals surface area contributed by atoms with E-state index in [0.29, 0.717) is 11.7 Å². The first-order chi connectivity index (χ1) is 11.7. The average Bonchev–Trinajstić information content (AvgIpc) is 3.20. The second kappa shape index (κ2) is 6.06. The van der Waals surface area contributed by atoms with Crippen molar-refractivity contribution in [3.63, 3.8) is 0 Å². The minimum Gasteiger partial charge on any atom is -0.332 e. The van der Waals surface area contributed by atoms with Gasteiger partial charge in [0.2, 0.25) is 0 Å². The molecule has 1 aliphatic carbocycles. The summed E-state index contributed by atoms with van der Waals surface area (Å²) < 4.78 is 1.98. The lowest BCUT2D eigenvalue weighted by Gasteiger charge is -2.38. The number of hydrogen-bond acceptors (Lipinski definition) is 3. The summed E-state index contributed by atoms with van der Waals surface area (Å²) >= 11 is 0. The van der Waals surface area contributed by atoms with E-state index in [9.17, 15) is 4.79 Å². The van der Waals surface area contributed by atoms with Crippen LogP contribution in [0.4, 0.5) is 0 Å². The Morgan fingerprint density at radius 2 is 2.00 bits per heavy atom. The molecule has 24 heavy (non-hydrogen) atoms. The van der Waals surface area contributed by atoms with Gasteiger partial charge in [-0.3, -0.25) is 4.79 Å².